The molecule has 0 radical (unpaired) electrons. The summed E-state index contributed by atoms with van der Waals surface area (Å²) in [6.07, 6.45) is 0.514. The van der Waals surface area contributed by atoms with E-state index in [1.807, 2.05) is 0 Å². The third kappa shape index (κ3) is 5.11. The van der Waals surface area contributed by atoms with Crippen LogP contribution in [-0.4, -0.2) is 58.6 Å². The maximum Gasteiger partial charge on any atom is 0.255 e. The number of methoxy groups -OCH3 is 1. The van der Waals surface area contributed by atoms with Crippen molar-refractivity contribution >= 4 is 15.9 Å². The average Bonchev–Trinajstić information content (AvgIpc) is 2.75. The Kier molecular flexibility index (Phi) is 6.83. The second-order valence-corrected chi connectivity index (χ2v) is 8.45. The van der Waals surface area contributed by atoms with Crippen LogP contribution in [0.5, 0.6) is 5.75 Å². The predicted octanol–water partition coefficient (Wildman–Crippen LogP) is 1.83. The van der Waals surface area contributed by atoms with E-state index < -0.39 is 15.9 Å². The Hall–Kier alpha value is -2.49. The zero-order valence-corrected chi connectivity index (χ0v) is 16.9. The molecule has 0 spiro atoms. The second-order valence-electron chi connectivity index (χ2n) is 6.51. The van der Waals surface area contributed by atoms with Crippen LogP contribution >= 0.6 is 0 Å². The normalized spacial score (nSPS) is 15.1. The fraction of sp³-hybridized carbons (Fsp3) is 0.350. The van der Waals surface area contributed by atoms with Gasteiger partial charge >= 0.3 is 0 Å². The number of carbonyl (C=O) groups is 1. The van der Waals surface area contributed by atoms with Gasteiger partial charge in [-0.1, -0.05) is 12.1 Å². The van der Waals surface area contributed by atoms with Crippen molar-refractivity contribution in [1.29, 1.82) is 0 Å². The quantitative estimate of drug-likeness (QED) is 0.736. The minimum absolute atomic E-state index is 0.0314. The summed E-state index contributed by atoms with van der Waals surface area (Å²) < 4.78 is 50.5. The van der Waals surface area contributed by atoms with Crippen molar-refractivity contribution < 1.29 is 27.1 Å². The van der Waals surface area contributed by atoms with Gasteiger partial charge < -0.3 is 14.8 Å². The number of hydrogen-bond acceptors (Lipinski definition) is 5. The summed E-state index contributed by atoms with van der Waals surface area (Å²) in [7, 11) is -2.31. The molecule has 0 aromatic heterocycles. The summed E-state index contributed by atoms with van der Waals surface area (Å²) in [6, 6.07) is 10.3. The molecular formula is C20H23FN2O5S. The number of nitrogens with zero attached hydrogens (tertiary/aromatic N) is 1. The zero-order chi connectivity index (χ0) is 20.9. The summed E-state index contributed by atoms with van der Waals surface area (Å²) in [5.74, 6) is -0.478. The Balaban J connectivity index is 1.73. The molecule has 1 fully saturated rings. The molecular weight excluding hydrogens is 399 g/mol. The molecule has 1 heterocycles. The van der Waals surface area contributed by atoms with E-state index in [0.29, 0.717) is 26.2 Å². The molecule has 0 bridgehead atoms. The smallest absolute Gasteiger partial charge is 0.255 e. The van der Waals surface area contributed by atoms with Crippen molar-refractivity contribution in [3.05, 3.63) is 59.4 Å². The fourth-order valence-corrected chi connectivity index (χ4v) is 4.46. The van der Waals surface area contributed by atoms with Crippen molar-refractivity contribution in [3.8, 4) is 5.75 Å². The zero-order valence-electron chi connectivity index (χ0n) is 16.1. The summed E-state index contributed by atoms with van der Waals surface area (Å²) in [5.41, 5.74) is 1.02. The highest BCUT2D eigenvalue weighted by Crippen LogP contribution is 2.25. The molecule has 7 nitrogen and oxygen atoms in total. The lowest BCUT2D eigenvalue weighted by Crippen LogP contribution is -2.40. The van der Waals surface area contributed by atoms with E-state index >= 15 is 0 Å². The maximum atomic E-state index is 13.0. The predicted molar refractivity (Wildman–Crippen MR) is 105 cm³/mol. The van der Waals surface area contributed by atoms with Crippen LogP contribution in [0.3, 0.4) is 0 Å². The molecule has 29 heavy (non-hydrogen) atoms. The van der Waals surface area contributed by atoms with Gasteiger partial charge in [-0.3, -0.25) is 4.79 Å². The largest absolute Gasteiger partial charge is 0.496 e. The molecule has 0 unspecified atom stereocenters. The summed E-state index contributed by atoms with van der Waals surface area (Å²) in [4.78, 5) is 12.7. The Bertz CT molecular complexity index is 957. The van der Waals surface area contributed by atoms with Crippen molar-refractivity contribution in [2.24, 2.45) is 0 Å². The fourth-order valence-electron chi connectivity index (χ4n) is 3.03. The number of hydrogen-bond donors (Lipinski definition) is 1. The van der Waals surface area contributed by atoms with E-state index in [1.165, 1.54) is 41.7 Å². The number of ether oxygens (including phenoxy) is 2. The van der Waals surface area contributed by atoms with E-state index in [2.05, 4.69) is 5.32 Å². The molecule has 1 N–H and O–H groups in total. The number of sulfonamides is 1. The number of morpholine rings is 1. The number of rotatable bonds is 7. The van der Waals surface area contributed by atoms with Gasteiger partial charge in [-0.15, -0.1) is 0 Å². The topological polar surface area (TPSA) is 84.9 Å². The van der Waals surface area contributed by atoms with Crippen molar-refractivity contribution in [2.75, 3.05) is 40.0 Å². The van der Waals surface area contributed by atoms with Crippen molar-refractivity contribution in [3.63, 3.8) is 0 Å². The molecule has 2 aromatic rings. The number of nitrogens with one attached hydrogen (secondary N) is 1. The minimum Gasteiger partial charge on any atom is -0.496 e. The van der Waals surface area contributed by atoms with E-state index in [4.69, 9.17) is 9.47 Å². The van der Waals surface area contributed by atoms with Gasteiger partial charge in [0, 0.05) is 19.6 Å². The van der Waals surface area contributed by atoms with Crippen LogP contribution in [0.25, 0.3) is 0 Å². The minimum atomic E-state index is -3.73. The van der Waals surface area contributed by atoms with Crippen LogP contribution in [0.1, 0.15) is 15.9 Å². The van der Waals surface area contributed by atoms with Gasteiger partial charge in [-0.05, 0) is 42.3 Å². The first-order valence-electron chi connectivity index (χ1n) is 9.20. The van der Waals surface area contributed by atoms with Gasteiger partial charge in [0.25, 0.3) is 5.91 Å². The molecule has 0 aliphatic carbocycles. The van der Waals surface area contributed by atoms with E-state index in [1.54, 1.807) is 12.1 Å². The highest BCUT2D eigenvalue weighted by molar-refractivity contribution is 7.89. The summed E-state index contributed by atoms with van der Waals surface area (Å²) >= 11 is 0. The monoisotopic (exact) mass is 422 g/mol. The molecule has 156 valence electrons. The summed E-state index contributed by atoms with van der Waals surface area (Å²) in [5, 5.41) is 2.75. The maximum absolute atomic E-state index is 13.0. The van der Waals surface area contributed by atoms with E-state index in [-0.39, 0.29) is 35.1 Å². The number of halogens is 1. The van der Waals surface area contributed by atoms with Crippen LogP contribution < -0.4 is 10.1 Å². The lowest BCUT2D eigenvalue weighted by Gasteiger charge is -2.26. The van der Waals surface area contributed by atoms with Gasteiger partial charge in [0.2, 0.25) is 10.0 Å². The Morgan fingerprint density at radius 1 is 1.17 bits per heavy atom. The molecule has 3 rings (SSSR count). The van der Waals surface area contributed by atoms with Gasteiger partial charge in [0.05, 0.1) is 30.8 Å². The van der Waals surface area contributed by atoms with Gasteiger partial charge in [-0.25, -0.2) is 12.8 Å². The molecule has 0 atom stereocenters. The Labute approximate surface area is 169 Å². The van der Waals surface area contributed by atoms with Gasteiger partial charge in [0.1, 0.15) is 11.6 Å². The molecule has 1 aliphatic heterocycles. The van der Waals surface area contributed by atoms with E-state index in [9.17, 15) is 17.6 Å². The van der Waals surface area contributed by atoms with E-state index in [0.717, 1.165) is 5.56 Å². The summed E-state index contributed by atoms with van der Waals surface area (Å²) in [6.45, 7) is 1.54. The number of amides is 1. The standard InChI is InChI=1S/C20H23FN2O5S/c1-27-19-7-6-17(29(25,26)23-10-12-28-13-11-23)14-18(19)20(24)22-9-8-15-2-4-16(21)5-3-15/h2-7,14H,8-13H2,1H3,(H,22,24). The average molecular weight is 422 g/mol. The van der Waals surface area contributed by atoms with Gasteiger partial charge in [-0.2, -0.15) is 4.31 Å². The van der Waals surface area contributed by atoms with Crippen LogP contribution in [-0.2, 0) is 21.2 Å². The molecule has 1 saturated heterocycles. The van der Waals surface area contributed by atoms with Gasteiger partial charge in [0.15, 0.2) is 0 Å². The third-order valence-corrected chi connectivity index (χ3v) is 6.53. The highest BCUT2D eigenvalue weighted by atomic mass is 32.2. The lowest BCUT2D eigenvalue weighted by atomic mass is 10.1. The molecule has 1 amide bonds. The van der Waals surface area contributed by atoms with Crippen LogP contribution in [0.4, 0.5) is 4.39 Å². The molecule has 0 saturated carbocycles. The first-order chi connectivity index (χ1) is 13.9. The van der Waals surface area contributed by atoms with Crippen molar-refractivity contribution in [1.82, 2.24) is 9.62 Å². The Morgan fingerprint density at radius 2 is 1.86 bits per heavy atom. The number of carbonyl (C=O) groups excluding carboxylic acids is 1. The third-order valence-electron chi connectivity index (χ3n) is 4.64. The lowest BCUT2D eigenvalue weighted by molar-refractivity contribution is 0.0730. The van der Waals surface area contributed by atoms with Crippen LogP contribution in [0, 0.1) is 5.82 Å². The Morgan fingerprint density at radius 3 is 2.52 bits per heavy atom. The number of benzene rings is 2. The highest BCUT2D eigenvalue weighted by Gasteiger charge is 2.28. The molecule has 1 aliphatic rings. The SMILES string of the molecule is COc1ccc(S(=O)(=O)N2CCOCC2)cc1C(=O)NCCc1ccc(F)cc1. The van der Waals surface area contributed by atoms with Crippen LogP contribution in [0.15, 0.2) is 47.4 Å². The molecule has 2 aromatic carbocycles. The first-order valence-corrected chi connectivity index (χ1v) is 10.6. The first kappa shape index (κ1) is 21.2. The molecule has 9 heteroatoms. The van der Waals surface area contributed by atoms with Crippen molar-refractivity contribution in [2.45, 2.75) is 11.3 Å². The van der Waals surface area contributed by atoms with Crippen LogP contribution in [0.2, 0.25) is 0 Å². The second kappa shape index (κ2) is 9.34.